The molecule has 0 aliphatic carbocycles. The van der Waals surface area contributed by atoms with E-state index in [9.17, 15) is 4.79 Å². The fraction of sp³-hybridized carbons (Fsp3) is 0.909. The summed E-state index contributed by atoms with van der Waals surface area (Å²) in [5, 5.41) is 0. The summed E-state index contributed by atoms with van der Waals surface area (Å²) in [6.45, 7) is 5.11. The minimum absolute atomic E-state index is 0.189. The lowest BCUT2D eigenvalue weighted by atomic mass is 9.80. The van der Waals surface area contributed by atoms with Crippen molar-refractivity contribution in [2.24, 2.45) is 11.1 Å². The molecule has 4 nitrogen and oxygen atoms in total. The minimum Gasteiger partial charge on any atom is -0.466 e. The molecule has 0 saturated heterocycles. The first kappa shape index (κ1) is 14.4. The van der Waals surface area contributed by atoms with Gasteiger partial charge in [0.05, 0.1) is 12.0 Å². The van der Waals surface area contributed by atoms with Crippen LogP contribution in [0.4, 0.5) is 0 Å². The quantitative estimate of drug-likeness (QED) is 0.623. The molecule has 1 atom stereocenters. The van der Waals surface area contributed by atoms with E-state index in [0.29, 0.717) is 26.2 Å². The molecule has 0 aliphatic rings. The lowest BCUT2D eigenvalue weighted by molar-refractivity contribution is -0.156. The second-order valence-electron chi connectivity index (χ2n) is 3.70. The largest absolute Gasteiger partial charge is 0.466 e. The molecule has 0 amide bonds. The van der Waals surface area contributed by atoms with Crippen LogP contribution in [0.25, 0.3) is 0 Å². The van der Waals surface area contributed by atoms with E-state index in [1.54, 1.807) is 14.0 Å². The monoisotopic (exact) mass is 217 g/mol. The Hall–Kier alpha value is -0.610. The van der Waals surface area contributed by atoms with E-state index in [2.05, 4.69) is 0 Å². The van der Waals surface area contributed by atoms with Crippen LogP contribution in [0.1, 0.15) is 33.1 Å². The maximum Gasteiger partial charge on any atom is 0.313 e. The van der Waals surface area contributed by atoms with Gasteiger partial charge in [-0.15, -0.1) is 0 Å². The topological polar surface area (TPSA) is 61.5 Å². The zero-order valence-corrected chi connectivity index (χ0v) is 10.0. The highest BCUT2D eigenvalue weighted by Gasteiger charge is 2.37. The Morgan fingerprint density at radius 2 is 2.00 bits per heavy atom. The van der Waals surface area contributed by atoms with Crippen LogP contribution in [0.15, 0.2) is 0 Å². The summed E-state index contributed by atoms with van der Waals surface area (Å²) >= 11 is 0. The number of carbonyl (C=O) groups is 1. The van der Waals surface area contributed by atoms with E-state index in [-0.39, 0.29) is 5.97 Å². The van der Waals surface area contributed by atoms with E-state index < -0.39 is 5.41 Å². The molecule has 0 aromatic rings. The van der Waals surface area contributed by atoms with Gasteiger partial charge in [-0.1, -0.05) is 13.3 Å². The number of methoxy groups -OCH3 is 1. The molecule has 0 aromatic heterocycles. The van der Waals surface area contributed by atoms with E-state index in [0.717, 1.165) is 12.8 Å². The van der Waals surface area contributed by atoms with Crippen molar-refractivity contribution in [2.75, 3.05) is 26.9 Å². The van der Waals surface area contributed by atoms with Crippen LogP contribution in [0.2, 0.25) is 0 Å². The number of hydrogen-bond donors (Lipinski definition) is 1. The van der Waals surface area contributed by atoms with E-state index >= 15 is 0 Å². The third-order valence-corrected chi connectivity index (χ3v) is 2.61. The molecule has 1 unspecified atom stereocenters. The molecular formula is C11H23NO3. The Bertz CT molecular complexity index is 185. The summed E-state index contributed by atoms with van der Waals surface area (Å²) in [5.41, 5.74) is 5.15. The van der Waals surface area contributed by atoms with Crippen molar-refractivity contribution < 1.29 is 14.3 Å². The Balaban J connectivity index is 4.54. The normalized spacial score (nSPS) is 14.7. The Morgan fingerprint density at radius 1 is 1.33 bits per heavy atom. The summed E-state index contributed by atoms with van der Waals surface area (Å²) in [5.74, 6) is -0.189. The molecule has 0 spiro atoms. The fourth-order valence-corrected chi connectivity index (χ4v) is 1.68. The molecule has 0 rings (SSSR count). The molecule has 2 N–H and O–H groups in total. The maximum absolute atomic E-state index is 11.8. The van der Waals surface area contributed by atoms with Crippen LogP contribution in [0, 0.1) is 5.41 Å². The summed E-state index contributed by atoms with van der Waals surface area (Å²) < 4.78 is 10.1. The third kappa shape index (κ3) is 4.18. The van der Waals surface area contributed by atoms with Crippen molar-refractivity contribution in [3.63, 3.8) is 0 Å². The van der Waals surface area contributed by atoms with Gasteiger partial charge in [-0.2, -0.15) is 0 Å². The standard InChI is InChI=1S/C11H23NO3/c1-4-6-11(9-12,7-8-14-3)10(13)15-5-2/h4-9,12H2,1-3H3. The molecule has 0 radical (unpaired) electrons. The molecule has 90 valence electrons. The number of nitrogens with two attached hydrogens (primary N) is 1. The molecule has 0 aromatic carbocycles. The van der Waals surface area contributed by atoms with E-state index in [1.165, 1.54) is 0 Å². The van der Waals surface area contributed by atoms with Crippen molar-refractivity contribution in [3.8, 4) is 0 Å². The first-order valence-electron chi connectivity index (χ1n) is 5.53. The predicted molar refractivity (Wildman–Crippen MR) is 59.5 cm³/mol. The molecule has 0 aliphatic heterocycles. The number of hydrogen-bond acceptors (Lipinski definition) is 4. The fourth-order valence-electron chi connectivity index (χ4n) is 1.68. The molecule has 0 heterocycles. The van der Waals surface area contributed by atoms with Gasteiger partial charge in [0.1, 0.15) is 0 Å². The van der Waals surface area contributed by atoms with Crippen LogP contribution in [-0.4, -0.2) is 32.8 Å². The second kappa shape index (κ2) is 7.65. The van der Waals surface area contributed by atoms with Crippen LogP contribution in [0.3, 0.4) is 0 Å². The SMILES string of the molecule is CCCC(CN)(CCOC)C(=O)OCC. The highest BCUT2D eigenvalue weighted by molar-refractivity contribution is 5.77. The molecule has 0 saturated carbocycles. The van der Waals surface area contributed by atoms with E-state index in [4.69, 9.17) is 15.2 Å². The van der Waals surface area contributed by atoms with Gasteiger partial charge in [0, 0.05) is 20.3 Å². The summed E-state index contributed by atoms with van der Waals surface area (Å²) in [4.78, 5) is 11.8. The van der Waals surface area contributed by atoms with Crippen LogP contribution < -0.4 is 5.73 Å². The van der Waals surface area contributed by atoms with Crippen molar-refractivity contribution >= 4 is 5.97 Å². The Kier molecular flexibility index (Phi) is 7.34. The number of rotatable bonds is 8. The van der Waals surface area contributed by atoms with Crippen molar-refractivity contribution in [1.29, 1.82) is 0 Å². The number of ether oxygens (including phenoxy) is 2. The average Bonchev–Trinajstić information content (AvgIpc) is 2.24. The molecule has 0 bridgehead atoms. The molecule has 15 heavy (non-hydrogen) atoms. The number of esters is 1. The zero-order valence-electron chi connectivity index (χ0n) is 10.0. The van der Waals surface area contributed by atoms with Gasteiger partial charge in [0.15, 0.2) is 0 Å². The molecule has 0 fully saturated rings. The van der Waals surface area contributed by atoms with Crippen molar-refractivity contribution in [3.05, 3.63) is 0 Å². The van der Waals surface area contributed by atoms with Gasteiger partial charge in [-0.25, -0.2) is 0 Å². The summed E-state index contributed by atoms with van der Waals surface area (Å²) in [6, 6.07) is 0. The highest BCUT2D eigenvalue weighted by Crippen LogP contribution is 2.28. The minimum atomic E-state index is -0.555. The van der Waals surface area contributed by atoms with Crippen LogP contribution in [0.5, 0.6) is 0 Å². The third-order valence-electron chi connectivity index (χ3n) is 2.61. The van der Waals surface area contributed by atoms with E-state index in [1.807, 2.05) is 6.92 Å². The lowest BCUT2D eigenvalue weighted by Crippen LogP contribution is -2.41. The number of carbonyl (C=O) groups excluding carboxylic acids is 1. The maximum atomic E-state index is 11.8. The highest BCUT2D eigenvalue weighted by atomic mass is 16.5. The summed E-state index contributed by atoms with van der Waals surface area (Å²) in [7, 11) is 1.62. The first-order chi connectivity index (χ1) is 7.16. The van der Waals surface area contributed by atoms with Crippen LogP contribution in [-0.2, 0) is 14.3 Å². The van der Waals surface area contributed by atoms with Crippen molar-refractivity contribution in [1.82, 2.24) is 0 Å². The zero-order chi connectivity index (χ0) is 11.7. The first-order valence-corrected chi connectivity index (χ1v) is 5.53. The van der Waals surface area contributed by atoms with Gasteiger partial charge in [0.2, 0.25) is 0 Å². The second-order valence-corrected chi connectivity index (χ2v) is 3.70. The average molecular weight is 217 g/mol. The Morgan fingerprint density at radius 3 is 2.40 bits per heavy atom. The van der Waals surface area contributed by atoms with Gasteiger partial charge >= 0.3 is 5.97 Å². The smallest absolute Gasteiger partial charge is 0.313 e. The van der Waals surface area contributed by atoms with Gasteiger partial charge < -0.3 is 15.2 Å². The van der Waals surface area contributed by atoms with Crippen LogP contribution >= 0.6 is 0 Å². The molecular weight excluding hydrogens is 194 g/mol. The molecule has 4 heteroatoms. The van der Waals surface area contributed by atoms with Gasteiger partial charge in [-0.3, -0.25) is 4.79 Å². The lowest BCUT2D eigenvalue weighted by Gasteiger charge is -2.29. The van der Waals surface area contributed by atoms with Crippen molar-refractivity contribution in [2.45, 2.75) is 33.1 Å². The predicted octanol–water partition coefficient (Wildman–Crippen LogP) is 1.33. The van der Waals surface area contributed by atoms with Gasteiger partial charge in [0.25, 0.3) is 0 Å². The summed E-state index contributed by atoms with van der Waals surface area (Å²) in [6.07, 6.45) is 2.30. The Labute approximate surface area is 92.1 Å². The van der Waals surface area contributed by atoms with Gasteiger partial charge in [-0.05, 0) is 19.8 Å².